The predicted octanol–water partition coefficient (Wildman–Crippen LogP) is 4.91. The fourth-order valence-corrected chi connectivity index (χ4v) is 4.48. The van der Waals surface area contributed by atoms with Crippen LogP contribution in [0.25, 0.3) is 10.8 Å². The summed E-state index contributed by atoms with van der Waals surface area (Å²) in [7, 11) is 0. The lowest BCUT2D eigenvalue weighted by molar-refractivity contribution is -0.144. The Balaban J connectivity index is 1.56. The summed E-state index contributed by atoms with van der Waals surface area (Å²) in [4.78, 5) is 37.8. The molecule has 3 aromatic rings. The molecule has 0 fully saturated rings. The Labute approximate surface area is 204 Å². The molecule has 2 N–H and O–H groups in total. The molecule has 0 aromatic carbocycles. The highest BCUT2D eigenvalue weighted by atomic mass is 16.5. The number of nitrogens with one attached hydrogen (secondary N) is 1. The summed E-state index contributed by atoms with van der Waals surface area (Å²) in [5.74, 6) is 0.0837. The summed E-state index contributed by atoms with van der Waals surface area (Å²) < 4.78 is 6.00. The second kappa shape index (κ2) is 10.2. The number of carboxylic acid groups (broad SMARTS) is 1. The molecule has 1 atom stereocenters. The van der Waals surface area contributed by atoms with Crippen LogP contribution in [0.3, 0.4) is 0 Å². The molecule has 1 unspecified atom stereocenters. The van der Waals surface area contributed by atoms with Crippen molar-refractivity contribution in [2.24, 2.45) is 0 Å². The van der Waals surface area contributed by atoms with Gasteiger partial charge in [0.2, 0.25) is 5.88 Å². The first kappa shape index (κ1) is 24.3. The lowest BCUT2D eigenvalue weighted by Gasteiger charge is -2.31. The van der Waals surface area contributed by atoms with Crippen LogP contribution in [0, 0.1) is 6.92 Å². The molecule has 0 amide bonds. The number of aryl methyl sites for hydroxylation is 1. The highest BCUT2D eigenvalue weighted by Crippen LogP contribution is 2.30. The summed E-state index contributed by atoms with van der Waals surface area (Å²) in [6.07, 6.45) is 7.99. The topological polar surface area (TPSA) is 114 Å². The van der Waals surface area contributed by atoms with E-state index in [1.54, 1.807) is 30.7 Å². The Bertz CT molecular complexity index is 1290. The lowest BCUT2D eigenvalue weighted by atomic mass is 9.89. The number of carboxylic acids is 1. The molecule has 0 spiro atoms. The number of ether oxygens (including phenoxy) is 1. The number of allylic oxidation sites excluding steroid dienone is 2. The summed E-state index contributed by atoms with van der Waals surface area (Å²) in [6.45, 7) is 5.74. The van der Waals surface area contributed by atoms with E-state index in [9.17, 15) is 14.7 Å². The van der Waals surface area contributed by atoms with Crippen molar-refractivity contribution in [1.82, 2.24) is 20.3 Å². The van der Waals surface area contributed by atoms with Gasteiger partial charge in [0.05, 0.1) is 11.6 Å². The fourth-order valence-electron chi connectivity index (χ4n) is 4.48. The van der Waals surface area contributed by atoms with Crippen molar-refractivity contribution in [2.45, 2.75) is 64.8 Å². The zero-order chi connectivity index (χ0) is 25.0. The maximum Gasteiger partial charge on any atom is 0.329 e. The summed E-state index contributed by atoms with van der Waals surface area (Å²) in [5.41, 5.74) is 1.67. The number of rotatable bonds is 10. The Hall–Kier alpha value is -3.81. The Morgan fingerprint density at radius 2 is 2.03 bits per heavy atom. The van der Waals surface area contributed by atoms with Gasteiger partial charge in [0.1, 0.15) is 11.3 Å². The third-order valence-electron chi connectivity index (χ3n) is 6.43. The number of ketones is 1. The van der Waals surface area contributed by atoms with Crippen LogP contribution in [-0.2, 0) is 16.0 Å². The molecule has 0 bridgehead atoms. The van der Waals surface area contributed by atoms with Crippen molar-refractivity contribution < 1.29 is 19.4 Å². The van der Waals surface area contributed by atoms with Crippen molar-refractivity contribution in [3.8, 4) is 11.6 Å². The van der Waals surface area contributed by atoms with Gasteiger partial charge in [-0.3, -0.25) is 14.8 Å². The average molecular weight is 475 g/mol. The van der Waals surface area contributed by atoms with Crippen molar-refractivity contribution in [3.63, 3.8) is 0 Å². The summed E-state index contributed by atoms with van der Waals surface area (Å²) in [5, 5.41) is 15.2. The number of carbonyl (C=O) groups excluding carboxylic acids is 1. The molecular formula is C27H30N4O4. The molecule has 35 heavy (non-hydrogen) atoms. The maximum absolute atomic E-state index is 12.4. The second-order valence-corrected chi connectivity index (χ2v) is 8.93. The van der Waals surface area contributed by atoms with Gasteiger partial charge in [-0.1, -0.05) is 20.3 Å². The largest absolute Gasteiger partial charge is 0.479 e. The molecule has 4 rings (SSSR count). The van der Waals surface area contributed by atoms with Gasteiger partial charge in [-0.15, -0.1) is 0 Å². The molecule has 0 saturated heterocycles. The van der Waals surface area contributed by atoms with Gasteiger partial charge < -0.3 is 15.2 Å². The number of aromatic nitrogens is 3. The molecule has 0 aliphatic heterocycles. The van der Waals surface area contributed by atoms with Crippen molar-refractivity contribution in [1.29, 1.82) is 0 Å². The van der Waals surface area contributed by atoms with Crippen molar-refractivity contribution >= 4 is 22.5 Å². The van der Waals surface area contributed by atoms with Crippen LogP contribution < -0.4 is 10.1 Å². The number of nitrogens with zero attached hydrogens (tertiary/aromatic N) is 3. The van der Waals surface area contributed by atoms with Crippen LogP contribution in [0.2, 0.25) is 0 Å². The average Bonchev–Trinajstić information content (AvgIpc) is 3.18. The molecule has 3 aromatic heterocycles. The van der Waals surface area contributed by atoms with E-state index in [1.807, 2.05) is 32.9 Å². The van der Waals surface area contributed by atoms with E-state index in [4.69, 9.17) is 4.74 Å². The van der Waals surface area contributed by atoms with E-state index in [0.717, 1.165) is 34.2 Å². The van der Waals surface area contributed by atoms with E-state index in [-0.39, 0.29) is 12.2 Å². The van der Waals surface area contributed by atoms with Crippen LogP contribution >= 0.6 is 0 Å². The van der Waals surface area contributed by atoms with Crippen LogP contribution in [0.1, 0.15) is 57.3 Å². The van der Waals surface area contributed by atoms with Crippen molar-refractivity contribution in [2.75, 3.05) is 0 Å². The van der Waals surface area contributed by atoms with Crippen molar-refractivity contribution in [3.05, 3.63) is 65.5 Å². The first-order valence-electron chi connectivity index (χ1n) is 12.0. The number of fused-ring (bicyclic) bond motifs is 1. The zero-order valence-corrected chi connectivity index (χ0v) is 20.3. The van der Waals surface area contributed by atoms with Crippen LogP contribution in [0.4, 0.5) is 0 Å². The minimum Gasteiger partial charge on any atom is -0.479 e. The molecule has 1 aliphatic carbocycles. The predicted molar refractivity (Wildman–Crippen MR) is 132 cm³/mol. The minimum atomic E-state index is -1.26. The molecule has 3 heterocycles. The van der Waals surface area contributed by atoms with Gasteiger partial charge in [0, 0.05) is 47.9 Å². The fraction of sp³-hybridized carbons (Fsp3) is 0.370. The molecule has 182 valence electrons. The maximum atomic E-state index is 12.4. The van der Waals surface area contributed by atoms with E-state index >= 15 is 0 Å². The van der Waals surface area contributed by atoms with Gasteiger partial charge in [0.15, 0.2) is 5.78 Å². The normalized spacial score (nSPS) is 15.3. The SMILES string of the molecule is CCCC1=C(NC(CC)(Cc2ccc(Oc3nc(C)cc4ccncc34)cn2)C(=O)O)CCC1=O. The van der Waals surface area contributed by atoms with Gasteiger partial charge in [-0.25, -0.2) is 9.78 Å². The van der Waals surface area contributed by atoms with Gasteiger partial charge in [0.25, 0.3) is 0 Å². The highest BCUT2D eigenvalue weighted by molar-refractivity contribution is 5.98. The molecular weight excluding hydrogens is 444 g/mol. The summed E-state index contributed by atoms with van der Waals surface area (Å²) >= 11 is 0. The van der Waals surface area contributed by atoms with E-state index in [2.05, 4.69) is 20.3 Å². The Morgan fingerprint density at radius 1 is 1.20 bits per heavy atom. The van der Waals surface area contributed by atoms with Crippen LogP contribution in [0.5, 0.6) is 11.6 Å². The lowest BCUT2D eigenvalue weighted by Crippen LogP contribution is -2.53. The summed E-state index contributed by atoms with van der Waals surface area (Å²) in [6, 6.07) is 7.40. The molecule has 0 radical (unpaired) electrons. The third-order valence-corrected chi connectivity index (χ3v) is 6.43. The molecule has 0 saturated carbocycles. The number of hydrogen-bond donors (Lipinski definition) is 2. The van der Waals surface area contributed by atoms with E-state index < -0.39 is 11.5 Å². The van der Waals surface area contributed by atoms with Gasteiger partial charge in [-0.2, -0.15) is 0 Å². The highest BCUT2D eigenvalue weighted by Gasteiger charge is 2.39. The van der Waals surface area contributed by atoms with E-state index in [1.165, 1.54) is 0 Å². The van der Waals surface area contributed by atoms with Gasteiger partial charge in [-0.05, 0) is 55.8 Å². The number of aliphatic carboxylic acids is 1. The van der Waals surface area contributed by atoms with E-state index in [0.29, 0.717) is 43.0 Å². The first-order valence-corrected chi connectivity index (χ1v) is 12.0. The van der Waals surface area contributed by atoms with Crippen LogP contribution in [0.15, 0.2) is 54.1 Å². The zero-order valence-electron chi connectivity index (χ0n) is 20.3. The second-order valence-electron chi connectivity index (χ2n) is 8.93. The number of carbonyl (C=O) groups is 2. The standard InChI is InChI=1S/C27H30N4O4/c1-4-6-21-23(9-10-24(21)32)31-27(5-2,26(33)34)14-19-7-8-20(15-29-19)35-25-22-16-28-12-11-18(22)13-17(3)30-25/h7-8,11-13,15-16,31H,4-6,9-10,14H2,1-3H3,(H,33,34). The Morgan fingerprint density at radius 3 is 2.71 bits per heavy atom. The smallest absolute Gasteiger partial charge is 0.329 e. The van der Waals surface area contributed by atoms with Crippen LogP contribution in [-0.4, -0.2) is 37.3 Å². The quantitative estimate of drug-likeness (QED) is 0.426. The minimum absolute atomic E-state index is 0.108. The Kier molecular flexibility index (Phi) is 7.10. The number of Topliss-reactive ketones (excluding diaryl/α,β-unsaturated/α-hetero) is 1. The number of pyridine rings is 3. The molecule has 8 heteroatoms. The first-order chi connectivity index (χ1) is 16.8. The van der Waals surface area contributed by atoms with Gasteiger partial charge >= 0.3 is 5.97 Å². The third kappa shape index (κ3) is 5.16. The molecule has 8 nitrogen and oxygen atoms in total. The number of hydrogen-bond acceptors (Lipinski definition) is 7. The molecule has 1 aliphatic rings. The monoisotopic (exact) mass is 474 g/mol.